The minimum atomic E-state index is -0.337. The monoisotopic (exact) mass is 746 g/mol. The smallest absolute Gasteiger partial charge is 0.291 e. The normalized spacial score (nSPS) is 17.9. The van der Waals surface area contributed by atoms with Gasteiger partial charge in [-0.15, -0.1) is 0 Å². The maximum absolute atomic E-state index is 13.6. The number of ether oxygens (including phenoxy) is 2. The van der Waals surface area contributed by atoms with Crippen molar-refractivity contribution in [3.63, 3.8) is 0 Å². The molecule has 7 rings (SSSR count). The van der Waals surface area contributed by atoms with E-state index >= 15 is 0 Å². The van der Waals surface area contributed by atoms with Crippen molar-refractivity contribution in [3.05, 3.63) is 75.4 Å². The number of methoxy groups -OCH3 is 1. The molecular weight excluding hydrogens is 703 g/mol. The molecule has 3 aromatic heterocycles. The van der Waals surface area contributed by atoms with Crippen LogP contribution in [0.25, 0.3) is 22.5 Å². The third-order valence-corrected chi connectivity index (χ3v) is 11.1. The van der Waals surface area contributed by atoms with Gasteiger partial charge < -0.3 is 30.0 Å². The van der Waals surface area contributed by atoms with Crippen molar-refractivity contribution in [2.24, 2.45) is 13.0 Å². The lowest BCUT2D eigenvalue weighted by molar-refractivity contribution is -0.119. The van der Waals surface area contributed by atoms with Crippen LogP contribution in [0.1, 0.15) is 59.7 Å². The van der Waals surface area contributed by atoms with Gasteiger partial charge in [0.25, 0.3) is 5.91 Å². The fraction of sp³-hybridized carbons (Fsp3) is 0.447. The number of carbonyl (C=O) groups is 2. The van der Waals surface area contributed by atoms with E-state index in [0.29, 0.717) is 75.4 Å². The van der Waals surface area contributed by atoms with E-state index in [1.807, 2.05) is 29.8 Å². The summed E-state index contributed by atoms with van der Waals surface area (Å²) in [5.74, 6) is 1.29. The summed E-state index contributed by atoms with van der Waals surface area (Å²) in [5, 5.41) is 10.0. The summed E-state index contributed by atoms with van der Waals surface area (Å²) in [7, 11) is 3.48. The third kappa shape index (κ3) is 7.96. The summed E-state index contributed by atoms with van der Waals surface area (Å²) >= 11 is 14.0. The highest BCUT2D eigenvalue weighted by atomic mass is 35.5. The fourth-order valence-electron chi connectivity index (χ4n) is 7.34. The molecule has 1 unspecified atom stereocenters. The van der Waals surface area contributed by atoms with Crippen LogP contribution in [-0.2, 0) is 36.1 Å². The fourth-order valence-corrected chi connectivity index (χ4v) is 7.91. The molecule has 3 aliphatic heterocycles. The van der Waals surface area contributed by atoms with Crippen LogP contribution in [0.5, 0.6) is 5.88 Å². The van der Waals surface area contributed by atoms with Gasteiger partial charge in [-0.25, -0.2) is 9.97 Å². The number of aromatic nitrogens is 4. The second kappa shape index (κ2) is 16.3. The maximum Gasteiger partial charge on any atom is 0.291 e. The number of fused-ring (bicyclic) bond motifs is 1. The van der Waals surface area contributed by atoms with Crippen LogP contribution in [0.2, 0.25) is 10.0 Å². The number of nitrogens with zero attached hydrogens (tertiary/aromatic N) is 5. The van der Waals surface area contributed by atoms with Gasteiger partial charge in [-0.1, -0.05) is 41.4 Å². The molecule has 0 spiro atoms. The van der Waals surface area contributed by atoms with Crippen LogP contribution >= 0.6 is 23.2 Å². The van der Waals surface area contributed by atoms with Gasteiger partial charge in [0.05, 0.1) is 39.9 Å². The standard InChI is InChI=1S/C38H44Cl2N8O4/c1-47-31-12-17-48(16-11-23-13-18-52-19-14-23)22-30(31)44-36(47)37(50)45-29-5-3-4-27(33(29)39)35-34(40)26(10-15-42-35)28-8-6-24(38(46-28)51-2)20-41-21-25-7-9-32(49)43-25/h3-6,8,10,15,23,25,41H,7,9,11-14,16-22H2,1-2H3,(H,43,49)(H,45,50). The summed E-state index contributed by atoms with van der Waals surface area (Å²) in [5.41, 5.74) is 5.64. The SMILES string of the molecule is COc1nc(-c2ccnc(-c3cccc(NC(=O)c4nc5c(n4C)CCN(CCC4CCOCC4)C5)c3Cl)c2Cl)ccc1CNCC1CCC(=O)N1. The van der Waals surface area contributed by atoms with Crippen LogP contribution in [0, 0.1) is 5.92 Å². The zero-order valence-electron chi connectivity index (χ0n) is 29.5. The van der Waals surface area contributed by atoms with Gasteiger partial charge in [0.1, 0.15) is 0 Å². The van der Waals surface area contributed by atoms with Gasteiger partial charge in [0, 0.05) is 93.9 Å². The average Bonchev–Trinajstić information content (AvgIpc) is 3.73. The first-order valence-corrected chi connectivity index (χ1v) is 18.7. The minimum absolute atomic E-state index is 0.0907. The predicted octanol–water partition coefficient (Wildman–Crippen LogP) is 5.65. The molecule has 4 aromatic rings. The Hall–Kier alpha value is -4.07. The molecule has 14 heteroatoms. The summed E-state index contributed by atoms with van der Waals surface area (Å²) in [6.07, 6.45) is 7.32. The number of carbonyl (C=O) groups excluding carboxylic acids is 2. The zero-order valence-corrected chi connectivity index (χ0v) is 31.0. The van der Waals surface area contributed by atoms with Crippen molar-refractivity contribution in [3.8, 4) is 28.4 Å². The molecule has 2 saturated heterocycles. The van der Waals surface area contributed by atoms with Gasteiger partial charge >= 0.3 is 0 Å². The van der Waals surface area contributed by atoms with Crippen LogP contribution in [-0.4, -0.2) is 82.2 Å². The number of pyridine rings is 2. The quantitative estimate of drug-likeness (QED) is 0.168. The minimum Gasteiger partial charge on any atom is -0.481 e. The molecular formula is C38H44Cl2N8O4. The molecule has 3 aliphatic rings. The lowest BCUT2D eigenvalue weighted by Gasteiger charge is -2.29. The number of imidazole rings is 1. The van der Waals surface area contributed by atoms with Gasteiger partial charge in [-0.05, 0) is 56.3 Å². The van der Waals surface area contributed by atoms with Crippen LogP contribution < -0.4 is 20.7 Å². The number of rotatable bonds is 12. The second-order valence-electron chi connectivity index (χ2n) is 13.7. The van der Waals surface area contributed by atoms with Crippen molar-refractivity contribution in [1.29, 1.82) is 0 Å². The summed E-state index contributed by atoms with van der Waals surface area (Å²) in [6.45, 7) is 5.63. The van der Waals surface area contributed by atoms with Gasteiger partial charge in [-0.3, -0.25) is 19.5 Å². The van der Waals surface area contributed by atoms with Crippen molar-refractivity contribution in [1.82, 2.24) is 35.1 Å². The molecule has 0 bridgehead atoms. The van der Waals surface area contributed by atoms with E-state index in [1.165, 1.54) is 0 Å². The number of nitrogens with one attached hydrogen (secondary N) is 3. The van der Waals surface area contributed by atoms with Gasteiger partial charge in [-0.2, -0.15) is 0 Å². The molecule has 52 heavy (non-hydrogen) atoms. The molecule has 6 heterocycles. The Kier molecular flexibility index (Phi) is 11.4. The number of halogens is 2. The Morgan fingerprint density at radius 2 is 1.90 bits per heavy atom. The Balaban J connectivity index is 1.04. The largest absolute Gasteiger partial charge is 0.481 e. The Labute approximate surface area is 313 Å². The van der Waals surface area contributed by atoms with Crippen molar-refractivity contribution >= 4 is 40.7 Å². The maximum atomic E-state index is 13.6. The van der Waals surface area contributed by atoms with Crippen LogP contribution in [0.15, 0.2) is 42.6 Å². The van der Waals surface area contributed by atoms with E-state index < -0.39 is 0 Å². The topological polar surface area (TPSA) is 136 Å². The Bertz CT molecular complexity index is 1950. The zero-order chi connectivity index (χ0) is 36.2. The highest BCUT2D eigenvalue weighted by molar-refractivity contribution is 6.39. The number of hydrogen-bond acceptors (Lipinski definition) is 9. The van der Waals surface area contributed by atoms with E-state index in [2.05, 4.69) is 25.8 Å². The Morgan fingerprint density at radius 1 is 1.06 bits per heavy atom. The number of anilines is 1. The molecule has 0 saturated carbocycles. The third-order valence-electron chi connectivity index (χ3n) is 10.3. The van der Waals surface area contributed by atoms with Crippen LogP contribution in [0.3, 0.4) is 0 Å². The Morgan fingerprint density at radius 3 is 2.69 bits per heavy atom. The van der Waals surface area contributed by atoms with Crippen LogP contribution in [0.4, 0.5) is 5.69 Å². The van der Waals surface area contributed by atoms with Crippen molar-refractivity contribution in [2.75, 3.05) is 45.3 Å². The number of hydrogen-bond donors (Lipinski definition) is 3. The highest BCUT2D eigenvalue weighted by Crippen LogP contribution is 2.40. The lowest BCUT2D eigenvalue weighted by atomic mass is 9.96. The second-order valence-corrected chi connectivity index (χ2v) is 14.5. The van der Waals surface area contributed by atoms with Crippen molar-refractivity contribution in [2.45, 2.75) is 57.7 Å². The molecule has 2 fully saturated rings. The number of benzene rings is 1. The van der Waals surface area contributed by atoms with Gasteiger partial charge in [0.15, 0.2) is 5.82 Å². The van der Waals surface area contributed by atoms with E-state index in [9.17, 15) is 9.59 Å². The lowest BCUT2D eigenvalue weighted by Crippen LogP contribution is -2.35. The first kappa shape index (κ1) is 36.3. The highest BCUT2D eigenvalue weighted by Gasteiger charge is 2.27. The van der Waals surface area contributed by atoms with E-state index in [4.69, 9.17) is 42.6 Å². The van der Waals surface area contributed by atoms with E-state index in [1.54, 1.807) is 31.5 Å². The average molecular weight is 748 g/mol. The predicted molar refractivity (Wildman–Crippen MR) is 201 cm³/mol. The van der Waals surface area contributed by atoms with E-state index in [-0.39, 0.29) is 17.9 Å². The number of amides is 2. The molecule has 2 amide bonds. The molecule has 12 nitrogen and oxygen atoms in total. The first-order valence-electron chi connectivity index (χ1n) is 17.9. The summed E-state index contributed by atoms with van der Waals surface area (Å²) in [6, 6.07) is 11.1. The molecule has 1 atom stereocenters. The summed E-state index contributed by atoms with van der Waals surface area (Å²) in [4.78, 5) is 41.7. The van der Waals surface area contributed by atoms with Crippen molar-refractivity contribution < 1.29 is 19.1 Å². The summed E-state index contributed by atoms with van der Waals surface area (Å²) < 4.78 is 13.0. The first-order chi connectivity index (χ1) is 25.3. The van der Waals surface area contributed by atoms with Gasteiger partial charge in [0.2, 0.25) is 11.8 Å². The molecule has 3 N–H and O–H groups in total. The van der Waals surface area contributed by atoms with E-state index in [0.717, 1.165) is 81.9 Å². The molecule has 0 aliphatic carbocycles. The molecule has 0 radical (unpaired) electrons. The molecule has 1 aromatic carbocycles. The molecule has 274 valence electrons.